The molecule has 1 fully saturated rings. The van der Waals surface area contributed by atoms with Crippen molar-refractivity contribution in [3.63, 3.8) is 0 Å². The Hall–Kier alpha value is -0.980. The molecule has 0 aliphatic heterocycles. The van der Waals surface area contributed by atoms with Crippen LogP contribution in [0.15, 0.2) is 0 Å². The van der Waals surface area contributed by atoms with Gasteiger partial charge in [0.05, 0.1) is 0 Å². The summed E-state index contributed by atoms with van der Waals surface area (Å²) in [7, 11) is 0. The summed E-state index contributed by atoms with van der Waals surface area (Å²) < 4.78 is 0. The third-order valence-corrected chi connectivity index (χ3v) is 5.55. The molecule has 0 aromatic carbocycles. The van der Waals surface area contributed by atoms with Gasteiger partial charge in [0, 0.05) is 34.9 Å². The standard InChI is InChI=1S/C12H14N2O2S2/c1-11(2)8(9(15)17-6-13)4-5-12(11,3)10(16)18-7-14/h8H,4-5H2,1-3H3. The largest absolute Gasteiger partial charge is 0.286 e. The highest BCUT2D eigenvalue weighted by molar-refractivity contribution is 8.17. The quantitative estimate of drug-likeness (QED) is 0.724. The van der Waals surface area contributed by atoms with Crippen molar-refractivity contribution in [1.29, 1.82) is 10.5 Å². The average Bonchev–Trinajstić information content (AvgIpc) is 2.52. The highest BCUT2D eigenvalue weighted by atomic mass is 32.2. The zero-order chi connectivity index (χ0) is 14.0. The van der Waals surface area contributed by atoms with Gasteiger partial charge in [-0.15, -0.1) is 0 Å². The molecule has 4 nitrogen and oxygen atoms in total. The number of carbonyl (C=O) groups is 2. The molecule has 0 radical (unpaired) electrons. The van der Waals surface area contributed by atoms with Gasteiger partial charge in [-0.05, 0) is 18.3 Å². The Morgan fingerprint density at radius 1 is 1.17 bits per heavy atom. The molecule has 0 spiro atoms. The summed E-state index contributed by atoms with van der Waals surface area (Å²) >= 11 is 1.28. The third-order valence-electron chi connectivity index (χ3n) is 4.25. The first-order chi connectivity index (χ1) is 8.31. The molecule has 0 saturated heterocycles. The minimum Gasteiger partial charge on any atom is -0.286 e. The van der Waals surface area contributed by atoms with E-state index in [1.54, 1.807) is 10.8 Å². The number of nitriles is 2. The van der Waals surface area contributed by atoms with Crippen LogP contribution in [0.3, 0.4) is 0 Å². The number of hydrogen-bond acceptors (Lipinski definition) is 6. The van der Waals surface area contributed by atoms with Gasteiger partial charge >= 0.3 is 0 Å². The minimum atomic E-state index is -0.691. The molecule has 0 bridgehead atoms. The summed E-state index contributed by atoms with van der Waals surface area (Å²) in [5, 5.41) is 20.4. The Balaban J connectivity index is 3.02. The monoisotopic (exact) mass is 282 g/mol. The summed E-state index contributed by atoms with van der Waals surface area (Å²) in [5.74, 6) is -0.310. The van der Waals surface area contributed by atoms with E-state index in [9.17, 15) is 9.59 Å². The van der Waals surface area contributed by atoms with Crippen LogP contribution in [-0.4, -0.2) is 10.2 Å². The van der Waals surface area contributed by atoms with Crippen LogP contribution in [0.4, 0.5) is 0 Å². The van der Waals surface area contributed by atoms with Crippen molar-refractivity contribution in [2.24, 2.45) is 16.7 Å². The first-order valence-electron chi connectivity index (χ1n) is 5.51. The van der Waals surface area contributed by atoms with E-state index in [4.69, 9.17) is 10.5 Å². The lowest BCUT2D eigenvalue weighted by Crippen LogP contribution is -2.41. The van der Waals surface area contributed by atoms with Gasteiger partial charge in [-0.25, -0.2) is 0 Å². The van der Waals surface area contributed by atoms with Crippen molar-refractivity contribution in [3.05, 3.63) is 0 Å². The number of carbonyl (C=O) groups excluding carboxylic acids is 2. The van der Waals surface area contributed by atoms with Crippen molar-refractivity contribution in [1.82, 2.24) is 0 Å². The molecule has 18 heavy (non-hydrogen) atoms. The molecule has 1 aliphatic rings. The van der Waals surface area contributed by atoms with Gasteiger partial charge in [-0.1, -0.05) is 20.8 Å². The second kappa shape index (κ2) is 5.34. The average molecular weight is 282 g/mol. The highest BCUT2D eigenvalue weighted by Crippen LogP contribution is 2.58. The van der Waals surface area contributed by atoms with E-state index in [1.807, 2.05) is 20.8 Å². The number of rotatable bonds is 2. The molecule has 1 rings (SSSR count). The van der Waals surface area contributed by atoms with Gasteiger partial charge in [0.25, 0.3) is 0 Å². The predicted molar refractivity (Wildman–Crippen MR) is 71.0 cm³/mol. The van der Waals surface area contributed by atoms with Crippen molar-refractivity contribution in [2.75, 3.05) is 0 Å². The van der Waals surface area contributed by atoms with Gasteiger partial charge in [0.1, 0.15) is 10.8 Å². The van der Waals surface area contributed by atoms with Gasteiger partial charge in [-0.2, -0.15) is 10.5 Å². The number of thiocyanates is 2. The van der Waals surface area contributed by atoms with Crippen molar-refractivity contribution >= 4 is 33.8 Å². The first-order valence-corrected chi connectivity index (χ1v) is 7.14. The second-order valence-electron chi connectivity index (χ2n) is 5.14. The summed E-state index contributed by atoms with van der Waals surface area (Å²) in [6, 6.07) is 0. The maximum Gasteiger partial charge on any atom is 0.209 e. The Bertz CT molecular complexity index is 462. The van der Waals surface area contributed by atoms with E-state index in [-0.39, 0.29) is 16.1 Å². The van der Waals surface area contributed by atoms with Gasteiger partial charge < -0.3 is 0 Å². The molecule has 0 heterocycles. The zero-order valence-electron chi connectivity index (χ0n) is 10.5. The molecule has 0 amide bonds. The smallest absolute Gasteiger partial charge is 0.209 e. The molecular formula is C12H14N2O2S2. The molecule has 6 heteroatoms. The van der Waals surface area contributed by atoms with Crippen molar-refractivity contribution in [3.8, 4) is 10.8 Å². The van der Waals surface area contributed by atoms with E-state index in [2.05, 4.69) is 0 Å². The van der Waals surface area contributed by atoms with E-state index >= 15 is 0 Å². The number of thioether (sulfide) groups is 2. The van der Waals surface area contributed by atoms with Crippen LogP contribution < -0.4 is 0 Å². The lowest BCUT2D eigenvalue weighted by atomic mass is 9.67. The highest BCUT2D eigenvalue weighted by Gasteiger charge is 2.57. The predicted octanol–water partition coefficient (Wildman–Crippen LogP) is 2.91. The molecule has 96 valence electrons. The fraction of sp³-hybridized carbons (Fsp3) is 0.667. The molecule has 0 aromatic heterocycles. The molecule has 0 aromatic rings. The van der Waals surface area contributed by atoms with Crippen LogP contribution >= 0.6 is 23.5 Å². The van der Waals surface area contributed by atoms with E-state index in [0.29, 0.717) is 36.4 Å². The van der Waals surface area contributed by atoms with E-state index in [1.165, 1.54) is 0 Å². The molecule has 2 atom stereocenters. The van der Waals surface area contributed by atoms with E-state index in [0.717, 1.165) is 0 Å². The van der Waals surface area contributed by atoms with Gasteiger partial charge in [-0.3, -0.25) is 9.59 Å². The van der Waals surface area contributed by atoms with Crippen LogP contribution in [0.25, 0.3) is 0 Å². The van der Waals surface area contributed by atoms with Crippen molar-refractivity contribution in [2.45, 2.75) is 33.6 Å². The topological polar surface area (TPSA) is 81.7 Å². The maximum atomic E-state index is 12.1. The number of hydrogen-bond donors (Lipinski definition) is 0. The summed E-state index contributed by atoms with van der Waals surface area (Å²) in [6.07, 6.45) is 1.17. The SMILES string of the molecule is CC1(C(=O)SC#N)CCC(C(=O)SC#N)C1(C)C. The first kappa shape index (κ1) is 15.1. The Labute approximate surface area is 115 Å². The fourth-order valence-electron chi connectivity index (χ4n) is 2.55. The van der Waals surface area contributed by atoms with Crippen LogP contribution in [0.5, 0.6) is 0 Å². The van der Waals surface area contributed by atoms with Crippen LogP contribution in [0.1, 0.15) is 33.6 Å². The molecule has 2 unspecified atom stereocenters. The fourth-order valence-corrected chi connectivity index (χ4v) is 3.87. The minimum absolute atomic E-state index is 0.180. The molecule has 0 N–H and O–H groups in total. The van der Waals surface area contributed by atoms with Gasteiger partial charge in [0.15, 0.2) is 0 Å². The second-order valence-corrected chi connectivity index (χ2v) is 6.68. The Morgan fingerprint density at radius 3 is 2.22 bits per heavy atom. The van der Waals surface area contributed by atoms with Crippen molar-refractivity contribution < 1.29 is 9.59 Å². The van der Waals surface area contributed by atoms with Crippen LogP contribution in [0.2, 0.25) is 0 Å². The Morgan fingerprint density at radius 2 is 1.72 bits per heavy atom. The summed E-state index contributed by atoms with van der Waals surface area (Å²) in [6.45, 7) is 5.55. The van der Waals surface area contributed by atoms with Crippen LogP contribution in [0, 0.1) is 38.1 Å². The lowest BCUT2D eigenvalue weighted by Gasteiger charge is -2.38. The zero-order valence-corrected chi connectivity index (χ0v) is 12.2. The normalized spacial score (nSPS) is 29.3. The van der Waals surface area contributed by atoms with Crippen LogP contribution in [-0.2, 0) is 9.59 Å². The molecule has 1 aliphatic carbocycles. The molecular weight excluding hydrogens is 268 g/mol. The van der Waals surface area contributed by atoms with E-state index < -0.39 is 10.8 Å². The lowest BCUT2D eigenvalue weighted by molar-refractivity contribution is -0.126. The molecule has 1 saturated carbocycles. The van der Waals surface area contributed by atoms with Gasteiger partial charge in [0.2, 0.25) is 10.2 Å². The summed E-state index contributed by atoms with van der Waals surface area (Å²) in [5.41, 5.74) is -1.22. The summed E-state index contributed by atoms with van der Waals surface area (Å²) in [4.78, 5) is 24.0. The maximum absolute atomic E-state index is 12.1. The number of nitrogens with zero attached hydrogens (tertiary/aromatic N) is 2. The Kier molecular flexibility index (Phi) is 4.47. The third kappa shape index (κ3) is 2.28.